The van der Waals surface area contributed by atoms with Crippen LogP contribution in [0.25, 0.3) is 27.7 Å². The SMILES string of the molecule is Cc1cc(-c2c(O)ccc3ccccc23)n(-c2ccccc2C(F)(F)F)n1. The van der Waals surface area contributed by atoms with Crippen molar-refractivity contribution < 1.29 is 18.3 Å². The lowest BCUT2D eigenvalue weighted by Crippen LogP contribution is -2.12. The molecule has 0 unspecified atom stereocenters. The maximum absolute atomic E-state index is 13.5. The van der Waals surface area contributed by atoms with Gasteiger partial charge in [0.15, 0.2) is 0 Å². The molecule has 1 heterocycles. The van der Waals surface area contributed by atoms with Crippen molar-refractivity contribution in [3.63, 3.8) is 0 Å². The zero-order valence-corrected chi connectivity index (χ0v) is 14.3. The van der Waals surface area contributed by atoms with Gasteiger partial charge >= 0.3 is 6.18 Å². The van der Waals surface area contributed by atoms with Gasteiger partial charge in [0.2, 0.25) is 0 Å². The molecular weight excluding hydrogens is 353 g/mol. The van der Waals surface area contributed by atoms with E-state index in [1.165, 1.54) is 22.9 Å². The summed E-state index contributed by atoms with van der Waals surface area (Å²) >= 11 is 0. The number of phenols is 1. The van der Waals surface area contributed by atoms with Crippen LogP contribution in [0.5, 0.6) is 5.75 Å². The third-order valence-corrected chi connectivity index (χ3v) is 4.43. The Hall–Kier alpha value is -3.28. The van der Waals surface area contributed by atoms with Gasteiger partial charge in [-0.05, 0) is 42.0 Å². The number of fused-ring (bicyclic) bond motifs is 1. The number of para-hydroxylation sites is 1. The molecule has 0 aliphatic heterocycles. The van der Waals surface area contributed by atoms with Crippen LogP contribution in [-0.4, -0.2) is 14.9 Å². The predicted molar refractivity (Wildman–Crippen MR) is 97.9 cm³/mol. The van der Waals surface area contributed by atoms with E-state index in [4.69, 9.17) is 0 Å². The first-order chi connectivity index (χ1) is 12.9. The molecule has 0 radical (unpaired) electrons. The quantitative estimate of drug-likeness (QED) is 0.491. The van der Waals surface area contributed by atoms with Crippen LogP contribution in [0.3, 0.4) is 0 Å². The van der Waals surface area contributed by atoms with Crippen LogP contribution in [-0.2, 0) is 6.18 Å². The van der Waals surface area contributed by atoms with Gasteiger partial charge in [0.05, 0.1) is 22.6 Å². The van der Waals surface area contributed by atoms with E-state index < -0.39 is 11.7 Å². The summed E-state index contributed by atoms with van der Waals surface area (Å²) in [5.41, 5.74) is 0.535. The van der Waals surface area contributed by atoms with Gasteiger partial charge in [0.25, 0.3) is 0 Å². The Morgan fingerprint density at radius 3 is 2.41 bits per heavy atom. The smallest absolute Gasteiger partial charge is 0.418 e. The second kappa shape index (κ2) is 6.16. The molecule has 0 aliphatic rings. The van der Waals surface area contributed by atoms with Gasteiger partial charge in [-0.3, -0.25) is 0 Å². The zero-order valence-electron chi connectivity index (χ0n) is 14.3. The highest BCUT2D eigenvalue weighted by Crippen LogP contribution is 2.40. The number of aryl methyl sites for hydroxylation is 1. The molecule has 1 aromatic heterocycles. The van der Waals surface area contributed by atoms with Gasteiger partial charge in [0.1, 0.15) is 5.75 Å². The number of nitrogens with zero attached hydrogens (tertiary/aromatic N) is 2. The van der Waals surface area contributed by atoms with Crippen LogP contribution in [0, 0.1) is 6.92 Å². The van der Waals surface area contributed by atoms with Crippen LogP contribution in [0.2, 0.25) is 0 Å². The highest BCUT2D eigenvalue weighted by molar-refractivity contribution is 5.99. The average molecular weight is 368 g/mol. The van der Waals surface area contributed by atoms with E-state index in [-0.39, 0.29) is 11.4 Å². The highest BCUT2D eigenvalue weighted by Gasteiger charge is 2.34. The van der Waals surface area contributed by atoms with Crippen LogP contribution >= 0.6 is 0 Å². The standard InChI is InChI=1S/C21H15F3N2O/c1-13-12-18(20-15-7-3-2-6-14(15)10-11-19(20)27)26(25-13)17-9-5-4-8-16(17)21(22,23)24/h2-12,27H,1H3. The van der Waals surface area contributed by atoms with Gasteiger partial charge in [0, 0.05) is 5.56 Å². The first-order valence-electron chi connectivity index (χ1n) is 8.30. The molecule has 3 nitrogen and oxygen atoms in total. The minimum Gasteiger partial charge on any atom is -0.507 e. The van der Waals surface area contributed by atoms with E-state index in [1.54, 1.807) is 25.1 Å². The summed E-state index contributed by atoms with van der Waals surface area (Å²) in [4.78, 5) is 0. The summed E-state index contributed by atoms with van der Waals surface area (Å²) in [5.74, 6) is -0.0145. The maximum atomic E-state index is 13.5. The molecule has 6 heteroatoms. The van der Waals surface area contributed by atoms with Gasteiger partial charge < -0.3 is 5.11 Å². The predicted octanol–water partition coefficient (Wildman–Crippen LogP) is 5.73. The minimum absolute atomic E-state index is 0.0145. The van der Waals surface area contributed by atoms with Crippen LogP contribution < -0.4 is 0 Å². The summed E-state index contributed by atoms with van der Waals surface area (Å²) < 4.78 is 41.8. The molecule has 0 aliphatic carbocycles. The molecule has 1 N–H and O–H groups in total. The molecule has 4 aromatic rings. The van der Waals surface area contributed by atoms with Crippen molar-refractivity contribution in [1.82, 2.24) is 9.78 Å². The van der Waals surface area contributed by atoms with Gasteiger partial charge in [-0.1, -0.05) is 42.5 Å². The van der Waals surface area contributed by atoms with E-state index >= 15 is 0 Å². The molecule has 0 atom stereocenters. The first kappa shape index (κ1) is 17.1. The average Bonchev–Trinajstić information content (AvgIpc) is 3.02. The normalized spacial score (nSPS) is 11.9. The van der Waals surface area contributed by atoms with Gasteiger partial charge in [-0.2, -0.15) is 18.3 Å². The van der Waals surface area contributed by atoms with E-state index in [0.717, 1.165) is 16.8 Å². The first-order valence-corrected chi connectivity index (χ1v) is 8.30. The Bertz CT molecular complexity index is 1150. The summed E-state index contributed by atoms with van der Waals surface area (Å²) in [6.07, 6.45) is -4.52. The summed E-state index contributed by atoms with van der Waals surface area (Å²) in [7, 11) is 0. The maximum Gasteiger partial charge on any atom is 0.418 e. The third kappa shape index (κ3) is 2.93. The van der Waals surface area contributed by atoms with Gasteiger partial charge in [-0.15, -0.1) is 0 Å². The number of hydrogen-bond donors (Lipinski definition) is 1. The Labute approximate surface area is 153 Å². The molecule has 0 saturated heterocycles. The van der Waals surface area contributed by atoms with Crippen LogP contribution in [0.15, 0.2) is 66.7 Å². The summed E-state index contributed by atoms with van der Waals surface area (Å²) in [5, 5.41) is 16.4. The minimum atomic E-state index is -4.52. The van der Waals surface area contributed by atoms with Crippen molar-refractivity contribution in [3.8, 4) is 22.7 Å². The van der Waals surface area contributed by atoms with Gasteiger partial charge in [-0.25, -0.2) is 4.68 Å². The topological polar surface area (TPSA) is 38.0 Å². The number of phenolic OH excluding ortho intramolecular Hbond substituents is 1. The molecule has 0 spiro atoms. The van der Waals surface area contributed by atoms with Crippen molar-refractivity contribution in [1.29, 1.82) is 0 Å². The van der Waals surface area contributed by atoms with Crippen molar-refractivity contribution >= 4 is 10.8 Å². The second-order valence-corrected chi connectivity index (χ2v) is 6.28. The number of rotatable bonds is 2. The molecule has 0 amide bonds. The summed E-state index contributed by atoms with van der Waals surface area (Å²) in [6, 6.07) is 17.7. The largest absolute Gasteiger partial charge is 0.507 e. The highest BCUT2D eigenvalue weighted by atomic mass is 19.4. The molecule has 0 bridgehead atoms. The molecule has 4 rings (SSSR count). The fourth-order valence-corrected chi connectivity index (χ4v) is 3.29. The van der Waals surface area contributed by atoms with Crippen molar-refractivity contribution in [3.05, 3.63) is 78.0 Å². The van der Waals surface area contributed by atoms with E-state index in [1.807, 2.05) is 24.3 Å². The Morgan fingerprint density at radius 1 is 0.926 bits per heavy atom. The number of benzene rings is 3. The lowest BCUT2D eigenvalue weighted by atomic mass is 10.0. The van der Waals surface area contributed by atoms with Crippen LogP contribution in [0.4, 0.5) is 13.2 Å². The van der Waals surface area contributed by atoms with E-state index in [2.05, 4.69) is 5.10 Å². The number of alkyl halides is 3. The number of halogens is 3. The fourth-order valence-electron chi connectivity index (χ4n) is 3.29. The van der Waals surface area contributed by atoms with Crippen molar-refractivity contribution in [2.45, 2.75) is 13.1 Å². The molecule has 0 fully saturated rings. The monoisotopic (exact) mass is 368 g/mol. The molecule has 27 heavy (non-hydrogen) atoms. The molecule has 136 valence electrons. The fraction of sp³-hybridized carbons (Fsp3) is 0.0952. The van der Waals surface area contributed by atoms with Crippen molar-refractivity contribution in [2.75, 3.05) is 0 Å². The number of aromatic nitrogens is 2. The Kier molecular flexibility index (Phi) is 3.91. The third-order valence-electron chi connectivity index (χ3n) is 4.43. The Morgan fingerprint density at radius 2 is 1.63 bits per heavy atom. The molecule has 3 aromatic carbocycles. The Balaban J connectivity index is 2.05. The second-order valence-electron chi connectivity index (χ2n) is 6.28. The number of hydrogen-bond acceptors (Lipinski definition) is 2. The molecular formula is C21H15F3N2O. The lowest BCUT2D eigenvalue weighted by Gasteiger charge is -2.16. The number of aromatic hydroxyl groups is 1. The van der Waals surface area contributed by atoms with Crippen molar-refractivity contribution in [2.24, 2.45) is 0 Å². The zero-order chi connectivity index (χ0) is 19.2. The van der Waals surface area contributed by atoms with E-state index in [9.17, 15) is 18.3 Å². The molecule has 0 saturated carbocycles. The van der Waals surface area contributed by atoms with E-state index in [0.29, 0.717) is 17.0 Å². The summed E-state index contributed by atoms with van der Waals surface area (Å²) in [6.45, 7) is 1.71. The van der Waals surface area contributed by atoms with Crippen LogP contribution in [0.1, 0.15) is 11.3 Å². The lowest BCUT2D eigenvalue weighted by molar-refractivity contribution is -0.137.